The minimum atomic E-state index is -0.370. The molecule has 84 valence electrons. The van der Waals surface area contributed by atoms with E-state index in [0.717, 1.165) is 6.42 Å². The number of nitro benzene ring substituents is 1. The number of ketones is 1. The van der Waals surface area contributed by atoms with Gasteiger partial charge in [0.1, 0.15) is 5.78 Å². The summed E-state index contributed by atoms with van der Waals surface area (Å²) in [6.45, 7) is 1.95. The molecule has 1 aromatic rings. The zero-order chi connectivity index (χ0) is 11.7. The Bertz CT molecular complexity index is 442. The van der Waals surface area contributed by atoms with Crippen LogP contribution in [0.25, 0.3) is 0 Å². The molecule has 0 saturated heterocycles. The number of nitro groups is 1. The second-order valence-corrected chi connectivity index (χ2v) is 4.11. The van der Waals surface area contributed by atoms with Crippen molar-refractivity contribution in [3.8, 4) is 0 Å². The number of carbonyl (C=O) groups is 1. The summed E-state index contributed by atoms with van der Waals surface area (Å²) in [4.78, 5) is 21.8. The van der Waals surface area contributed by atoms with Crippen molar-refractivity contribution >= 4 is 11.5 Å². The van der Waals surface area contributed by atoms with Crippen molar-refractivity contribution in [3.05, 3.63) is 39.9 Å². The summed E-state index contributed by atoms with van der Waals surface area (Å²) in [5.74, 6) is 0.242. The fraction of sp³-hybridized carbons (Fsp3) is 0.417. The molecule has 1 aliphatic rings. The van der Waals surface area contributed by atoms with Gasteiger partial charge in [-0.3, -0.25) is 14.9 Å². The summed E-state index contributed by atoms with van der Waals surface area (Å²) >= 11 is 0. The Balaban J connectivity index is 2.34. The molecule has 2 unspecified atom stereocenters. The fourth-order valence-electron chi connectivity index (χ4n) is 2.38. The van der Waals surface area contributed by atoms with Crippen LogP contribution in [0.2, 0.25) is 0 Å². The van der Waals surface area contributed by atoms with Crippen LogP contribution in [0.5, 0.6) is 0 Å². The third kappa shape index (κ3) is 1.60. The normalized spacial score (nSPS) is 23.9. The predicted molar refractivity (Wildman–Crippen MR) is 59.2 cm³/mol. The first kappa shape index (κ1) is 10.8. The summed E-state index contributed by atoms with van der Waals surface area (Å²) in [5.41, 5.74) is 0.845. The van der Waals surface area contributed by atoms with Crippen molar-refractivity contribution in [2.24, 2.45) is 5.92 Å². The molecule has 0 aromatic heterocycles. The fourth-order valence-corrected chi connectivity index (χ4v) is 2.38. The second kappa shape index (κ2) is 4.04. The number of carbonyl (C=O) groups excluding carboxylic acids is 1. The third-order valence-corrected chi connectivity index (χ3v) is 3.29. The number of para-hydroxylation sites is 1. The van der Waals surface area contributed by atoms with Crippen LogP contribution in [0.4, 0.5) is 5.69 Å². The Morgan fingerprint density at radius 2 is 2.12 bits per heavy atom. The maximum absolute atomic E-state index is 11.4. The topological polar surface area (TPSA) is 60.2 Å². The van der Waals surface area contributed by atoms with E-state index in [1.165, 1.54) is 6.07 Å². The van der Waals surface area contributed by atoms with Gasteiger partial charge in [-0.25, -0.2) is 0 Å². The van der Waals surface area contributed by atoms with E-state index in [4.69, 9.17) is 0 Å². The van der Waals surface area contributed by atoms with Crippen molar-refractivity contribution in [2.45, 2.75) is 25.7 Å². The van der Waals surface area contributed by atoms with Crippen LogP contribution in [0.3, 0.4) is 0 Å². The van der Waals surface area contributed by atoms with Gasteiger partial charge in [-0.15, -0.1) is 0 Å². The van der Waals surface area contributed by atoms with Gasteiger partial charge in [-0.1, -0.05) is 25.1 Å². The molecule has 2 rings (SSSR count). The highest BCUT2D eigenvalue weighted by atomic mass is 16.6. The van der Waals surface area contributed by atoms with E-state index in [2.05, 4.69) is 0 Å². The molecule has 1 fully saturated rings. The number of Topliss-reactive ketones (excluding diaryl/α,β-unsaturated/α-hetero) is 1. The van der Waals surface area contributed by atoms with E-state index in [-0.39, 0.29) is 28.2 Å². The maximum Gasteiger partial charge on any atom is 0.272 e. The van der Waals surface area contributed by atoms with Crippen molar-refractivity contribution in [3.63, 3.8) is 0 Å². The van der Waals surface area contributed by atoms with Crippen LogP contribution in [0.15, 0.2) is 24.3 Å². The SMILES string of the molecule is CCC1C(=O)CC1c1ccccc1[N+](=O)[O-]. The van der Waals surface area contributed by atoms with Crippen molar-refractivity contribution in [1.82, 2.24) is 0 Å². The van der Waals surface area contributed by atoms with Gasteiger partial charge in [-0.05, 0) is 6.42 Å². The third-order valence-electron chi connectivity index (χ3n) is 3.29. The molecule has 1 aromatic carbocycles. The average Bonchev–Trinajstić information content (AvgIpc) is 2.26. The van der Waals surface area contributed by atoms with Crippen LogP contribution >= 0.6 is 0 Å². The summed E-state index contributed by atoms with van der Waals surface area (Å²) in [6, 6.07) is 6.71. The second-order valence-electron chi connectivity index (χ2n) is 4.11. The lowest BCUT2D eigenvalue weighted by Gasteiger charge is -2.34. The van der Waals surface area contributed by atoms with Gasteiger partial charge in [0.15, 0.2) is 0 Å². The molecular formula is C12H13NO3. The standard InChI is InChI=1S/C12H13NO3/c1-2-8-10(7-12(8)14)9-5-3-4-6-11(9)13(15)16/h3-6,8,10H,2,7H2,1H3. The minimum absolute atomic E-state index is 0.0268. The van der Waals surface area contributed by atoms with E-state index in [1.54, 1.807) is 18.2 Å². The number of nitrogens with zero attached hydrogens (tertiary/aromatic N) is 1. The molecule has 1 saturated carbocycles. The molecule has 0 amide bonds. The minimum Gasteiger partial charge on any atom is -0.299 e. The lowest BCUT2D eigenvalue weighted by atomic mass is 9.67. The molecule has 0 N–H and O–H groups in total. The smallest absolute Gasteiger partial charge is 0.272 e. The lowest BCUT2D eigenvalue weighted by Crippen LogP contribution is -2.35. The molecular weight excluding hydrogens is 206 g/mol. The van der Waals surface area contributed by atoms with E-state index in [9.17, 15) is 14.9 Å². The molecule has 0 bridgehead atoms. The van der Waals surface area contributed by atoms with E-state index < -0.39 is 0 Å². The molecule has 0 spiro atoms. The highest BCUT2D eigenvalue weighted by molar-refractivity contribution is 5.89. The quantitative estimate of drug-likeness (QED) is 0.580. The summed E-state index contributed by atoms with van der Waals surface area (Å²) in [6.07, 6.45) is 1.21. The van der Waals surface area contributed by atoms with Gasteiger partial charge in [0.2, 0.25) is 0 Å². The van der Waals surface area contributed by atoms with Crippen molar-refractivity contribution in [1.29, 1.82) is 0 Å². The number of rotatable bonds is 3. The summed E-state index contributed by atoms with van der Waals surface area (Å²) < 4.78 is 0. The summed E-state index contributed by atoms with van der Waals surface area (Å²) in [7, 11) is 0. The van der Waals surface area contributed by atoms with Crippen LogP contribution in [-0.4, -0.2) is 10.7 Å². The Morgan fingerprint density at radius 1 is 1.44 bits per heavy atom. The highest BCUT2D eigenvalue weighted by Gasteiger charge is 2.41. The average molecular weight is 219 g/mol. The predicted octanol–water partition coefficient (Wildman–Crippen LogP) is 2.68. The van der Waals surface area contributed by atoms with Gasteiger partial charge in [0.25, 0.3) is 5.69 Å². The van der Waals surface area contributed by atoms with E-state index >= 15 is 0 Å². The monoisotopic (exact) mass is 219 g/mol. The highest BCUT2D eigenvalue weighted by Crippen LogP contribution is 2.44. The molecule has 4 nitrogen and oxygen atoms in total. The largest absolute Gasteiger partial charge is 0.299 e. The first-order valence-electron chi connectivity index (χ1n) is 5.41. The maximum atomic E-state index is 11.4. The Kier molecular flexibility index (Phi) is 2.73. The van der Waals surface area contributed by atoms with Gasteiger partial charge < -0.3 is 0 Å². The zero-order valence-corrected chi connectivity index (χ0v) is 9.05. The number of hydrogen-bond acceptors (Lipinski definition) is 3. The first-order chi connectivity index (χ1) is 7.65. The van der Waals surface area contributed by atoms with Crippen molar-refractivity contribution in [2.75, 3.05) is 0 Å². The van der Waals surface area contributed by atoms with Crippen LogP contribution in [0, 0.1) is 16.0 Å². The zero-order valence-electron chi connectivity index (χ0n) is 9.05. The summed E-state index contributed by atoms with van der Waals surface area (Å²) in [5, 5.41) is 10.9. The molecule has 4 heteroatoms. The Hall–Kier alpha value is -1.71. The van der Waals surface area contributed by atoms with E-state index in [0.29, 0.717) is 12.0 Å². The van der Waals surface area contributed by atoms with Gasteiger partial charge in [-0.2, -0.15) is 0 Å². The number of benzene rings is 1. The molecule has 0 aliphatic heterocycles. The Labute approximate surface area is 93.4 Å². The van der Waals surface area contributed by atoms with Gasteiger partial charge in [0, 0.05) is 29.9 Å². The van der Waals surface area contributed by atoms with Crippen LogP contribution < -0.4 is 0 Å². The van der Waals surface area contributed by atoms with Crippen molar-refractivity contribution < 1.29 is 9.72 Å². The first-order valence-corrected chi connectivity index (χ1v) is 5.41. The molecule has 1 aliphatic carbocycles. The van der Waals surface area contributed by atoms with Crippen LogP contribution in [0.1, 0.15) is 31.2 Å². The molecule has 0 radical (unpaired) electrons. The molecule has 16 heavy (non-hydrogen) atoms. The van der Waals surface area contributed by atoms with Gasteiger partial charge >= 0.3 is 0 Å². The number of hydrogen-bond donors (Lipinski definition) is 0. The van der Waals surface area contributed by atoms with Crippen LogP contribution in [-0.2, 0) is 4.79 Å². The lowest BCUT2D eigenvalue weighted by molar-refractivity contribution is -0.385. The Morgan fingerprint density at radius 3 is 2.69 bits per heavy atom. The van der Waals surface area contributed by atoms with Gasteiger partial charge in [0.05, 0.1) is 4.92 Å². The molecule has 2 atom stereocenters. The van der Waals surface area contributed by atoms with E-state index in [1.807, 2.05) is 6.92 Å². The molecule has 0 heterocycles.